The molecule has 2 aromatic carbocycles. The summed E-state index contributed by atoms with van der Waals surface area (Å²) in [5, 5.41) is 40.1. The van der Waals surface area contributed by atoms with Gasteiger partial charge in [-0.2, -0.15) is 0 Å². The number of Topliss-reactive ketones (excluding diaryl/α,β-unsaturated/α-hetero) is 1. The van der Waals surface area contributed by atoms with Gasteiger partial charge < -0.3 is 44.3 Å². The smallest absolute Gasteiger partial charge is 0.338 e. The predicted molar refractivity (Wildman–Crippen MR) is 211 cm³/mol. The molecule has 324 valence electrons. The normalized spacial score (nSPS) is 32.9. The van der Waals surface area contributed by atoms with Gasteiger partial charge in [0.2, 0.25) is 5.91 Å². The number of benzene rings is 2. The van der Waals surface area contributed by atoms with E-state index in [0.717, 1.165) is 13.8 Å². The number of fused-ring (bicyclic) bond motifs is 5. The molecule has 60 heavy (non-hydrogen) atoms. The average Bonchev–Trinajstić information content (AvgIpc) is 3.17. The SMILES string of the molecule is CC(=O)O[C@H]1C(=O)[C@@]2(C)C(C(OC(=O)c3ccccc3)[C@]3(O)CC(OC(=O)C(O)[C@@H](NC(=O)C(C)(C)C)c4ccccc4)C(C)=C1C3(C)C)[C@]1(OC(C)=O)COC1C[C@@H]2O. The van der Waals surface area contributed by atoms with E-state index >= 15 is 4.79 Å². The van der Waals surface area contributed by atoms with E-state index < -0.39 is 118 Å². The molecule has 11 atom stereocenters. The number of ether oxygens (including phenoxy) is 5. The largest absolute Gasteiger partial charge is 0.456 e. The molecule has 0 radical (unpaired) electrons. The average molecular weight is 834 g/mol. The molecule has 0 aromatic heterocycles. The van der Waals surface area contributed by atoms with Gasteiger partial charge in [-0.05, 0) is 42.7 Å². The number of amides is 1. The van der Waals surface area contributed by atoms with Crippen molar-refractivity contribution in [2.24, 2.45) is 22.2 Å². The molecular weight excluding hydrogens is 778 g/mol. The zero-order valence-electron chi connectivity index (χ0n) is 35.3. The van der Waals surface area contributed by atoms with Gasteiger partial charge in [-0.25, -0.2) is 9.59 Å². The van der Waals surface area contributed by atoms with Crippen molar-refractivity contribution in [2.75, 3.05) is 6.61 Å². The fourth-order valence-corrected chi connectivity index (χ4v) is 9.73. The van der Waals surface area contributed by atoms with Gasteiger partial charge in [0.25, 0.3) is 0 Å². The monoisotopic (exact) mass is 833 g/mol. The third-order valence-electron chi connectivity index (χ3n) is 13.1. The van der Waals surface area contributed by atoms with Gasteiger partial charge in [-0.15, -0.1) is 0 Å². The molecule has 15 heteroatoms. The van der Waals surface area contributed by atoms with E-state index in [0.29, 0.717) is 5.56 Å². The first-order valence-corrected chi connectivity index (χ1v) is 20.1. The number of aliphatic hydroxyl groups is 3. The van der Waals surface area contributed by atoms with Crippen LogP contribution in [0.5, 0.6) is 0 Å². The Morgan fingerprint density at radius 2 is 1.50 bits per heavy atom. The van der Waals surface area contributed by atoms with Crippen LogP contribution in [-0.4, -0.2) is 105 Å². The second-order valence-electron chi connectivity index (χ2n) is 18.2. The summed E-state index contributed by atoms with van der Waals surface area (Å²) in [4.78, 5) is 83.1. The Bertz CT molecular complexity index is 2080. The summed E-state index contributed by atoms with van der Waals surface area (Å²) in [6.07, 6.45) is -10.4. The van der Waals surface area contributed by atoms with Gasteiger partial charge in [0.15, 0.2) is 23.6 Å². The summed E-state index contributed by atoms with van der Waals surface area (Å²) in [7, 11) is 0. The third-order valence-corrected chi connectivity index (χ3v) is 13.1. The molecule has 15 nitrogen and oxygen atoms in total. The van der Waals surface area contributed by atoms with Crippen LogP contribution in [0.4, 0.5) is 0 Å². The maximum absolute atomic E-state index is 15.4. The Hall–Kier alpha value is -4.96. The zero-order valence-corrected chi connectivity index (χ0v) is 35.3. The third kappa shape index (κ3) is 7.32. The Morgan fingerprint density at radius 3 is 2.03 bits per heavy atom. The minimum absolute atomic E-state index is 0.00513. The molecule has 5 unspecified atom stereocenters. The summed E-state index contributed by atoms with van der Waals surface area (Å²) < 4.78 is 30.2. The number of nitrogens with one attached hydrogen (secondary N) is 1. The van der Waals surface area contributed by atoms with Crippen molar-refractivity contribution < 1.29 is 67.8 Å². The molecule has 2 bridgehead atoms. The van der Waals surface area contributed by atoms with Crippen molar-refractivity contribution >= 4 is 35.6 Å². The van der Waals surface area contributed by atoms with Crippen molar-refractivity contribution in [1.82, 2.24) is 5.32 Å². The van der Waals surface area contributed by atoms with Gasteiger partial charge in [0.1, 0.15) is 23.9 Å². The van der Waals surface area contributed by atoms with Crippen LogP contribution in [0.25, 0.3) is 0 Å². The summed E-state index contributed by atoms with van der Waals surface area (Å²) in [5.74, 6) is -6.67. The molecule has 1 aliphatic heterocycles. The second-order valence-corrected chi connectivity index (χ2v) is 18.2. The Kier molecular flexibility index (Phi) is 11.8. The highest BCUT2D eigenvalue weighted by molar-refractivity contribution is 5.95. The quantitative estimate of drug-likeness (QED) is 0.162. The zero-order chi connectivity index (χ0) is 44.3. The van der Waals surface area contributed by atoms with E-state index in [1.165, 1.54) is 26.0 Å². The van der Waals surface area contributed by atoms with Crippen LogP contribution in [0.15, 0.2) is 71.8 Å². The number of esters is 4. The number of aliphatic hydroxyl groups excluding tert-OH is 2. The van der Waals surface area contributed by atoms with Crippen LogP contribution in [-0.2, 0) is 47.7 Å². The van der Waals surface area contributed by atoms with Gasteiger partial charge in [0.05, 0.1) is 35.6 Å². The lowest BCUT2D eigenvalue weighted by atomic mass is 9.44. The number of carbonyl (C=O) groups is 6. The van der Waals surface area contributed by atoms with E-state index in [2.05, 4.69) is 5.32 Å². The molecule has 1 saturated heterocycles. The molecule has 2 aromatic rings. The predicted octanol–water partition coefficient (Wildman–Crippen LogP) is 3.47. The number of rotatable bonds is 9. The number of ketones is 1. The van der Waals surface area contributed by atoms with Gasteiger partial charge in [0, 0.05) is 37.5 Å². The van der Waals surface area contributed by atoms with Crippen molar-refractivity contribution in [3.8, 4) is 0 Å². The fraction of sp³-hybridized carbons (Fsp3) is 0.556. The maximum atomic E-state index is 15.4. The summed E-state index contributed by atoms with van der Waals surface area (Å²) in [6.45, 7) is 13.0. The van der Waals surface area contributed by atoms with Crippen molar-refractivity contribution in [2.45, 2.75) is 129 Å². The highest BCUT2D eigenvalue weighted by atomic mass is 16.6. The molecule has 1 amide bonds. The van der Waals surface area contributed by atoms with E-state index in [4.69, 9.17) is 23.7 Å². The Morgan fingerprint density at radius 1 is 0.900 bits per heavy atom. The van der Waals surface area contributed by atoms with Gasteiger partial charge in [-0.1, -0.05) is 83.1 Å². The summed E-state index contributed by atoms with van der Waals surface area (Å²) >= 11 is 0. The molecular formula is C45H55NO14. The minimum atomic E-state index is -2.38. The van der Waals surface area contributed by atoms with Crippen LogP contribution in [0.2, 0.25) is 0 Å². The van der Waals surface area contributed by atoms with Crippen LogP contribution in [0.3, 0.4) is 0 Å². The molecule has 4 N–H and O–H groups in total. The molecule has 0 spiro atoms. The molecule has 2 saturated carbocycles. The first-order valence-electron chi connectivity index (χ1n) is 20.1. The Balaban J connectivity index is 1.56. The van der Waals surface area contributed by atoms with E-state index in [9.17, 15) is 39.3 Å². The minimum Gasteiger partial charge on any atom is -0.456 e. The summed E-state index contributed by atoms with van der Waals surface area (Å²) in [5.41, 5.74) is -8.10. The lowest BCUT2D eigenvalue weighted by Gasteiger charge is -2.67. The Labute approximate surface area is 348 Å². The second kappa shape index (κ2) is 15.8. The van der Waals surface area contributed by atoms with Crippen LogP contribution in [0.1, 0.15) is 97.1 Å². The first kappa shape index (κ1) is 44.6. The molecule has 4 aliphatic rings. The molecule has 6 rings (SSSR count). The van der Waals surface area contributed by atoms with Crippen LogP contribution in [0, 0.1) is 22.2 Å². The van der Waals surface area contributed by atoms with Crippen LogP contribution >= 0.6 is 0 Å². The topological polar surface area (TPSA) is 221 Å². The molecule has 3 aliphatic carbocycles. The first-order chi connectivity index (χ1) is 27.9. The lowest BCUT2D eigenvalue weighted by Crippen LogP contribution is -2.82. The van der Waals surface area contributed by atoms with Crippen LogP contribution < -0.4 is 5.32 Å². The van der Waals surface area contributed by atoms with E-state index in [-0.39, 0.29) is 29.7 Å². The van der Waals surface area contributed by atoms with E-state index in [1.54, 1.807) is 83.1 Å². The van der Waals surface area contributed by atoms with Gasteiger partial charge in [-0.3, -0.25) is 19.2 Å². The number of hydrogen-bond acceptors (Lipinski definition) is 14. The lowest BCUT2D eigenvalue weighted by molar-refractivity contribution is -0.346. The maximum Gasteiger partial charge on any atom is 0.338 e. The van der Waals surface area contributed by atoms with Crippen molar-refractivity contribution in [3.63, 3.8) is 0 Å². The standard InChI is InChI=1S/C45H55NO14/c1-23-28(58-39(53)33(50)32(26-16-12-10-13-17-26)46-40(54)41(4,5)6)21-45(55)37(59-38(52)27-18-14-11-15-19-27)35-43(9,29(49)20-30-44(35,22-56-30)60-25(3)48)36(51)34(57-24(2)47)31(23)42(45,7)8/h10-19,28-30,32-35,37,49-50,55H,20-22H2,1-9H3,(H,46,54)/t28?,29-,30?,32-,33?,34+,35?,37?,43+,44-,45+/m0/s1. The van der Waals surface area contributed by atoms with E-state index in [1.807, 2.05) is 0 Å². The number of carbonyl (C=O) groups excluding carboxylic acids is 6. The van der Waals surface area contributed by atoms with Gasteiger partial charge >= 0.3 is 23.9 Å². The fourth-order valence-electron chi connectivity index (χ4n) is 9.73. The molecule has 3 fully saturated rings. The highest BCUT2D eigenvalue weighted by Gasteiger charge is 2.78. The highest BCUT2D eigenvalue weighted by Crippen LogP contribution is 2.64. The summed E-state index contributed by atoms with van der Waals surface area (Å²) in [6, 6.07) is 14.9. The number of hydrogen-bond donors (Lipinski definition) is 4. The van der Waals surface area contributed by atoms with Crippen molar-refractivity contribution in [1.29, 1.82) is 0 Å². The van der Waals surface area contributed by atoms with Crippen molar-refractivity contribution in [3.05, 3.63) is 82.9 Å². The molecule has 1 heterocycles.